The van der Waals surface area contributed by atoms with Gasteiger partial charge in [0.15, 0.2) is 0 Å². The molecule has 4 nitrogen and oxygen atoms in total. The van der Waals surface area contributed by atoms with Crippen molar-refractivity contribution >= 4 is 11.6 Å². The lowest BCUT2D eigenvalue weighted by molar-refractivity contribution is -0.130. The van der Waals surface area contributed by atoms with Gasteiger partial charge in [0.05, 0.1) is 0 Å². The van der Waals surface area contributed by atoms with Gasteiger partial charge in [0, 0.05) is 44.3 Å². The number of carbonyl (C=O) groups is 1. The molecule has 0 aliphatic carbocycles. The number of nitrogens with zero attached hydrogens (tertiary/aromatic N) is 3. The number of hydrogen-bond acceptors (Lipinski definition) is 3. The van der Waals surface area contributed by atoms with Gasteiger partial charge in [0.1, 0.15) is 0 Å². The van der Waals surface area contributed by atoms with Crippen molar-refractivity contribution in [3.63, 3.8) is 0 Å². The van der Waals surface area contributed by atoms with Gasteiger partial charge in [0.2, 0.25) is 5.91 Å². The summed E-state index contributed by atoms with van der Waals surface area (Å²) in [5.74, 6) is 0.329. The topological polar surface area (TPSA) is 26.8 Å². The standard InChI is InChI=1S/C22H33N3O/c26-22(25-15-3-4-16-25)10-7-19-5-8-20(9-6-19)24-17-11-21(12-18-24)23-13-1-2-14-23/h5-6,8-9,21H,1-4,7,10-18H2. The van der Waals surface area contributed by atoms with Crippen LogP contribution in [0.15, 0.2) is 24.3 Å². The van der Waals surface area contributed by atoms with Crippen LogP contribution in [0, 0.1) is 0 Å². The maximum Gasteiger partial charge on any atom is 0.222 e. The van der Waals surface area contributed by atoms with E-state index in [1.165, 1.54) is 76.0 Å². The van der Waals surface area contributed by atoms with Crippen LogP contribution in [-0.4, -0.2) is 61.0 Å². The lowest BCUT2D eigenvalue weighted by atomic mass is 10.0. The third kappa shape index (κ3) is 4.22. The van der Waals surface area contributed by atoms with Gasteiger partial charge in [-0.2, -0.15) is 0 Å². The summed E-state index contributed by atoms with van der Waals surface area (Å²) in [5, 5.41) is 0. The van der Waals surface area contributed by atoms with E-state index in [0.29, 0.717) is 12.3 Å². The first kappa shape index (κ1) is 17.8. The van der Waals surface area contributed by atoms with Gasteiger partial charge in [-0.15, -0.1) is 0 Å². The van der Waals surface area contributed by atoms with Crippen molar-refractivity contribution < 1.29 is 4.79 Å². The highest BCUT2D eigenvalue weighted by molar-refractivity contribution is 5.76. The molecule has 1 aromatic rings. The fourth-order valence-corrected chi connectivity index (χ4v) is 4.85. The number of rotatable bonds is 5. The Morgan fingerprint density at radius 3 is 2.12 bits per heavy atom. The molecular weight excluding hydrogens is 322 g/mol. The van der Waals surface area contributed by atoms with E-state index in [4.69, 9.17) is 0 Å². The lowest BCUT2D eigenvalue weighted by Crippen LogP contribution is -2.43. The molecule has 0 bridgehead atoms. The highest BCUT2D eigenvalue weighted by atomic mass is 16.2. The summed E-state index contributed by atoms with van der Waals surface area (Å²) in [6, 6.07) is 9.76. The van der Waals surface area contributed by atoms with Crippen LogP contribution >= 0.6 is 0 Å². The van der Waals surface area contributed by atoms with E-state index in [2.05, 4.69) is 34.1 Å². The zero-order valence-electron chi connectivity index (χ0n) is 16.0. The van der Waals surface area contributed by atoms with Gasteiger partial charge in [-0.1, -0.05) is 12.1 Å². The smallest absolute Gasteiger partial charge is 0.222 e. The van der Waals surface area contributed by atoms with Gasteiger partial charge < -0.3 is 14.7 Å². The van der Waals surface area contributed by atoms with Crippen LogP contribution in [0.4, 0.5) is 5.69 Å². The Morgan fingerprint density at radius 1 is 0.846 bits per heavy atom. The van der Waals surface area contributed by atoms with Crippen molar-refractivity contribution in [2.45, 2.75) is 57.4 Å². The minimum absolute atomic E-state index is 0.329. The number of amides is 1. The average Bonchev–Trinajstić information content (AvgIpc) is 3.41. The number of piperidine rings is 1. The van der Waals surface area contributed by atoms with Gasteiger partial charge in [-0.05, 0) is 75.7 Å². The summed E-state index contributed by atoms with van der Waals surface area (Å²) in [6.07, 6.45) is 9.25. The second-order valence-electron chi connectivity index (χ2n) is 8.22. The molecule has 0 radical (unpaired) electrons. The molecule has 0 N–H and O–H groups in total. The first-order valence-corrected chi connectivity index (χ1v) is 10.7. The number of anilines is 1. The molecule has 1 amide bonds. The minimum atomic E-state index is 0.329. The predicted octanol–water partition coefficient (Wildman–Crippen LogP) is 3.31. The predicted molar refractivity (Wildman–Crippen MR) is 107 cm³/mol. The molecule has 3 heterocycles. The van der Waals surface area contributed by atoms with E-state index in [1.807, 2.05) is 4.90 Å². The van der Waals surface area contributed by atoms with Gasteiger partial charge in [0.25, 0.3) is 0 Å². The Bertz CT molecular complexity index is 580. The van der Waals surface area contributed by atoms with Crippen LogP contribution in [0.2, 0.25) is 0 Å². The second kappa shape index (κ2) is 8.43. The minimum Gasteiger partial charge on any atom is -0.371 e. The Hall–Kier alpha value is -1.55. The largest absolute Gasteiger partial charge is 0.371 e. The van der Waals surface area contributed by atoms with E-state index < -0.39 is 0 Å². The van der Waals surface area contributed by atoms with E-state index in [9.17, 15) is 4.79 Å². The van der Waals surface area contributed by atoms with E-state index in [-0.39, 0.29) is 0 Å². The molecule has 0 spiro atoms. The monoisotopic (exact) mass is 355 g/mol. The number of likely N-dealkylation sites (tertiary alicyclic amines) is 2. The van der Waals surface area contributed by atoms with Crippen molar-refractivity contribution in [2.24, 2.45) is 0 Å². The van der Waals surface area contributed by atoms with Crippen molar-refractivity contribution in [1.82, 2.24) is 9.80 Å². The Morgan fingerprint density at radius 2 is 1.46 bits per heavy atom. The van der Waals surface area contributed by atoms with Gasteiger partial charge in [-0.3, -0.25) is 4.79 Å². The van der Waals surface area contributed by atoms with Crippen LogP contribution in [-0.2, 0) is 11.2 Å². The summed E-state index contributed by atoms with van der Waals surface area (Å²) in [6.45, 7) is 6.91. The molecule has 3 fully saturated rings. The van der Waals surface area contributed by atoms with Gasteiger partial charge >= 0.3 is 0 Å². The number of hydrogen-bond donors (Lipinski definition) is 0. The molecule has 142 valence electrons. The summed E-state index contributed by atoms with van der Waals surface area (Å²) in [5.41, 5.74) is 2.63. The summed E-state index contributed by atoms with van der Waals surface area (Å²) < 4.78 is 0. The highest BCUT2D eigenvalue weighted by Gasteiger charge is 2.26. The van der Waals surface area contributed by atoms with Crippen LogP contribution in [0.1, 0.15) is 50.5 Å². The fraction of sp³-hybridized carbons (Fsp3) is 0.682. The first-order valence-electron chi connectivity index (χ1n) is 10.7. The SMILES string of the molecule is O=C(CCc1ccc(N2CCC(N3CCCC3)CC2)cc1)N1CCCC1. The maximum atomic E-state index is 12.2. The molecule has 0 aromatic heterocycles. The van der Waals surface area contributed by atoms with Crippen molar-refractivity contribution in [3.8, 4) is 0 Å². The quantitative estimate of drug-likeness (QED) is 0.811. The maximum absolute atomic E-state index is 12.2. The molecule has 0 unspecified atom stereocenters. The summed E-state index contributed by atoms with van der Waals surface area (Å²) in [4.78, 5) is 19.5. The molecule has 4 heteroatoms. The molecule has 1 aromatic carbocycles. The van der Waals surface area contributed by atoms with Crippen LogP contribution < -0.4 is 4.90 Å². The van der Waals surface area contributed by atoms with E-state index in [0.717, 1.165) is 25.6 Å². The van der Waals surface area contributed by atoms with Gasteiger partial charge in [-0.25, -0.2) is 0 Å². The normalized spacial score (nSPS) is 22.3. The molecule has 26 heavy (non-hydrogen) atoms. The Labute approximate surface area is 158 Å². The molecule has 4 rings (SSSR count). The van der Waals surface area contributed by atoms with Crippen molar-refractivity contribution in [3.05, 3.63) is 29.8 Å². The average molecular weight is 356 g/mol. The first-order chi connectivity index (χ1) is 12.8. The number of carbonyl (C=O) groups excluding carboxylic acids is 1. The molecule has 3 saturated heterocycles. The van der Waals surface area contributed by atoms with E-state index in [1.54, 1.807) is 0 Å². The third-order valence-corrected chi connectivity index (χ3v) is 6.51. The lowest BCUT2D eigenvalue weighted by Gasteiger charge is -2.37. The number of aryl methyl sites for hydroxylation is 1. The highest BCUT2D eigenvalue weighted by Crippen LogP contribution is 2.25. The van der Waals surface area contributed by atoms with Crippen LogP contribution in [0.5, 0.6) is 0 Å². The zero-order valence-corrected chi connectivity index (χ0v) is 16.0. The number of benzene rings is 1. The van der Waals surface area contributed by atoms with Crippen molar-refractivity contribution in [1.29, 1.82) is 0 Å². The Balaban J connectivity index is 1.24. The second-order valence-corrected chi connectivity index (χ2v) is 8.22. The molecule has 3 aliphatic heterocycles. The molecular formula is C22H33N3O. The summed E-state index contributed by atoms with van der Waals surface area (Å²) >= 11 is 0. The van der Waals surface area contributed by atoms with Crippen molar-refractivity contribution in [2.75, 3.05) is 44.2 Å². The summed E-state index contributed by atoms with van der Waals surface area (Å²) in [7, 11) is 0. The van der Waals surface area contributed by atoms with Crippen LogP contribution in [0.25, 0.3) is 0 Å². The van der Waals surface area contributed by atoms with Crippen LogP contribution in [0.3, 0.4) is 0 Å². The molecule has 0 saturated carbocycles. The molecule has 0 atom stereocenters. The van der Waals surface area contributed by atoms with E-state index >= 15 is 0 Å². The Kier molecular flexibility index (Phi) is 5.78. The fourth-order valence-electron chi connectivity index (χ4n) is 4.85. The third-order valence-electron chi connectivity index (χ3n) is 6.51. The zero-order chi connectivity index (χ0) is 17.8. The molecule has 3 aliphatic rings.